The lowest BCUT2D eigenvalue weighted by molar-refractivity contribution is 0.0553. The molecule has 1 aliphatic rings. The molecular formula is C12H20N2OS. The second-order valence-corrected chi connectivity index (χ2v) is 5.29. The highest BCUT2D eigenvalue weighted by atomic mass is 32.1. The fourth-order valence-electron chi connectivity index (χ4n) is 2.04. The maximum atomic E-state index is 5.83. The van der Waals surface area contributed by atoms with Gasteiger partial charge in [0.1, 0.15) is 11.1 Å². The number of hydrogen-bond acceptors (Lipinski definition) is 4. The Bertz CT molecular complexity index is 340. The molecule has 16 heavy (non-hydrogen) atoms. The first-order valence-corrected chi connectivity index (χ1v) is 6.92. The van der Waals surface area contributed by atoms with Crippen LogP contribution in [0.3, 0.4) is 0 Å². The van der Waals surface area contributed by atoms with Crippen molar-refractivity contribution >= 4 is 11.3 Å². The second-order valence-electron chi connectivity index (χ2n) is 4.40. The quantitative estimate of drug-likeness (QED) is 0.878. The number of thiazole rings is 1. The van der Waals surface area contributed by atoms with E-state index < -0.39 is 0 Å². The Morgan fingerprint density at radius 1 is 1.62 bits per heavy atom. The van der Waals surface area contributed by atoms with Crippen molar-refractivity contribution in [1.29, 1.82) is 0 Å². The van der Waals surface area contributed by atoms with Crippen LogP contribution < -0.4 is 5.32 Å². The SMILES string of the molecule is CCNC(C)c1csc(C2CCC(C)O2)n1. The smallest absolute Gasteiger partial charge is 0.122 e. The highest BCUT2D eigenvalue weighted by molar-refractivity contribution is 7.09. The first-order valence-electron chi connectivity index (χ1n) is 6.05. The standard InChI is InChI=1S/C12H20N2OS/c1-4-13-9(3)10-7-16-12(14-10)11-6-5-8(2)15-11/h7-9,11,13H,4-6H2,1-3H3. The third-order valence-electron chi connectivity index (χ3n) is 3.00. The van der Waals surface area contributed by atoms with Crippen LogP contribution >= 0.6 is 11.3 Å². The summed E-state index contributed by atoms with van der Waals surface area (Å²) < 4.78 is 5.83. The van der Waals surface area contributed by atoms with Gasteiger partial charge in [0.05, 0.1) is 11.8 Å². The van der Waals surface area contributed by atoms with E-state index in [9.17, 15) is 0 Å². The van der Waals surface area contributed by atoms with Gasteiger partial charge in [0.2, 0.25) is 0 Å². The maximum absolute atomic E-state index is 5.83. The number of rotatable bonds is 4. The average molecular weight is 240 g/mol. The van der Waals surface area contributed by atoms with Gasteiger partial charge in [-0.25, -0.2) is 4.98 Å². The van der Waals surface area contributed by atoms with Gasteiger partial charge in [0.25, 0.3) is 0 Å². The summed E-state index contributed by atoms with van der Waals surface area (Å²) in [5.41, 5.74) is 1.14. The number of nitrogens with zero attached hydrogens (tertiary/aromatic N) is 1. The molecule has 0 spiro atoms. The average Bonchev–Trinajstić information content (AvgIpc) is 2.85. The summed E-state index contributed by atoms with van der Waals surface area (Å²) in [6, 6.07) is 0.342. The first-order chi connectivity index (χ1) is 7.70. The summed E-state index contributed by atoms with van der Waals surface area (Å²) in [7, 11) is 0. The van der Waals surface area contributed by atoms with Crippen molar-refractivity contribution in [2.75, 3.05) is 6.54 Å². The van der Waals surface area contributed by atoms with Crippen molar-refractivity contribution in [2.24, 2.45) is 0 Å². The van der Waals surface area contributed by atoms with Crippen LogP contribution in [0.5, 0.6) is 0 Å². The first kappa shape index (κ1) is 12.0. The summed E-state index contributed by atoms with van der Waals surface area (Å²) in [5.74, 6) is 0. The lowest BCUT2D eigenvalue weighted by Gasteiger charge is -2.09. The van der Waals surface area contributed by atoms with E-state index >= 15 is 0 Å². The van der Waals surface area contributed by atoms with Crippen LogP contribution in [0.4, 0.5) is 0 Å². The van der Waals surface area contributed by atoms with Crippen LogP contribution in [0, 0.1) is 0 Å². The van der Waals surface area contributed by atoms with Crippen molar-refractivity contribution in [3.05, 3.63) is 16.1 Å². The Hall–Kier alpha value is -0.450. The van der Waals surface area contributed by atoms with E-state index in [2.05, 4.69) is 36.5 Å². The molecule has 3 nitrogen and oxygen atoms in total. The molecule has 1 fully saturated rings. The molecule has 90 valence electrons. The van der Waals surface area contributed by atoms with Crippen LogP contribution in [-0.4, -0.2) is 17.6 Å². The Morgan fingerprint density at radius 3 is 3.06 bits per heavy atom. The third-order valence-corrected chi connectivity index (χ3v) is 3.96. The lowest BCUT2D eigenvalue weighted by Crippen LogP contribution is -2.18. The van der Waals surface area contributed by atoms with Gasteiger partial charge in [-0.05, 0) is 33.2 Å². The molecule has 0 aliphatic carbocycles. The maximum Gasteiger partial charge on any atom is 0.122 e. The molecule has 1 N–H and O–H groups in total. The van der Waals surface area contributed by atoms with E-state index in [1.165, 1.54) is 0 Å². The molecule has 1 aromatic heterocycles. The molecular weight excluding hydrogens is 220 g/mol. The van der Waals surface area contributed by atoms with E-state index in [1.54, 1.807) is 11.3 Å². The van der Waals surface area contributed by atoms with Crippen molar-refractivity contribution in [1.82, 2.24) is 10.3 Å². The van der Waals surface area contributed by atoms with E-state index in [1.807, 2.05) is 0 Å². The predicted molar refractivity (Wildman–Crippen MR) is 66.7 cm³/mol. The summed E-state index contributed by atoms with van der Waals surface area (Å²) in [5, 5.41) is 6.67. The molecule has 1 aliphatic heterocycles. The van der Waals surface area contributed by atoms with Crippen molar-refractivity contribution < 1.29 is 4.74 Å². The molecule has 0 radical (unpaired) electrons. The zero-order valence-corrected chi connectivity index (χ0v) is 11.0. The zero-order chi connectivity index (χ0) is 11.5. The van der Waals surface area contributed by atoms with Gasteiger partial charge in [-0.15, -0.1) is 11.3 Å². The normalized spacial score (nSPS) is 27.2. The molecule has 0 aromatic carbocycles. The monoisotopic (exact) mass is 240 g/mol. The number of ether oxygens (including phenoxy) is 1. The summed E-state index contributed by atoms with van der Waals surface area (Å²) in [6.07, 6.45) is 2.90. The molecule has 2 rings (SSSR count). The van der Waals surface area contributed by atoms with Crippen LogP contribution in [0.15, 0.2) is 5.38 Å². The summed E-state index contributed by atoms with van der Waals surface area (Å²) in [6.45, 7) is 7.38. The second kappa shape index (κ2) is 5.25. The third kappa shape index (κ3) is 2.62. The van der Waals surface area contributed by atoms with Gasteiger partial charge in [0, 0.05) is 11.4 Å². The molecule has 0 saturated carbocycles. The van der Waals surface area contributed by atoms with Gasteiger partial charge >= 0.3 is 0 Å². The summed E-state index contributed by atoms with van der Waals surface area (Å²) in [4.78, 5) is 4.68. The van der Waals surface area contributed by atoms with E-state index in [4.69, 9.17) is 4.74 Å². The molecule has 1 saturated heterocycles. The van der Waals surface area contributed by atoms with Crippen LogP contribution in [0.2, 0.25) is 0 Å². The fraction of sp³-hybridized carbons (Fsp3) is 0.750. The Labute approximate surface area is 101 Å². The van der Waals surface area contributed by atoms with Crippen LogP contribution in [-0.2, 0) is 4.74 Å². The van der Waals surface area contributed by atoms with Crippen molar-refractivity contribution in [3.63, 3.8) is 0 Å². The van der Waals surface area contributed by atoms with Gasteiger partial charge < -0.3 is 10.1 Å². The number of hydrogen-bond donors (Lipinski definition) is 1. The molecule has 4 heteroatoms. The lowest BCUT2D eigenvalue weighted by atomic mass is 10.2. The van der Waals surface area contributed by atoms with E-state index in [0.29, 0.717) is 12.1 Å². The molecule has 1 aromatic rings. The highest BCUT2D eigenvalue weighted by Gasteiger charge is 2.26. The minimum atomic E-state index is 0.238. The molecule has 0 bridgehead atoms. The van der Waals surface area contributed by atoms with Gasteiger partial charge in [0.15, 0.2) is 0 Å². The number of nitrogens with one attached hydrogen (secondary N) is 1. The van der Waals surface area contributed by atoms with Gasteiger partial charge in [-0.1, -0.05) is 6.92 Å². The molecule has 0 amide bonds. The van der Waals surface area contributed by atoms with E-state index in [-0.39, 0.29) is 6.10 Å². The topological polar surface area (TPSA) is 34.1 Å². The van der Waals surface area contributed by atoms with Crippen LogP contribution in [0.25, 0.3) is 0 Å². The van der Waals surface area contributed by atoms with E-state index in [0.717, 1.165) is 30.1 Å². The van der Waals surface area contributed by atoms with Crippen molar-refractivity contribution in [3.8, 4) is 0 Å². The highest BCUT2D eigenvalue weighted by Crippen LogP contribution is 2.34. The molecule has 2 heterocycles. The van der Waals surface area contributed by atoms with Crippen LogP contribution in [0.1, 0.15) is 56.5 Å². The largest absolute Gasteiger partial charge is 0.368 e. The Morgan fingerprint density at radius 2 is 2.44 bits per heavy atom. The summed E-state index contributed by atoms with van der Waals surface area (Å²) >= 11 is 1.73. The zero-order valence-electron chi connectivity index (χ0n) is 10.2. The number of aromatic nitrogens is 1. The minimum absolute atomic E-state index is 0.238. The Kier molecular flexibility index (Phi) is 3.95. The molecule has 3 unspecified atom stereocenters. The van der Waals surface area contributed by atoms with Crippen molar-refractivity contribution in [2.45, 2.75) is 51.9 Å². The van der Waals surface area contributed by atoms with Gasteiger partial charge in [-0.3, -0.25) is 0 Å². The Balaban J connectivity index is 2.01. The predicted octanol–water partition coefficient (Wildman–Crippen LogP) is 3.05. The minimum Gasteiger partial charge on any atom is -0.368 e. The fourth-order valence-corrected chi connectivity index (χ4v) is 3.02. The van der Waals surface area contributed by atoms with Gasteiger partial charge in [-0.2, -0.15) is 0 Å². The molecule has 3 atom stereocenters.